The molecule has 0 aliphatic rings. The van der Waals surface area contributed by atoms with Crippen molar-refractivity contribution in [1.29, 1.82) is 0 Å². The third-order valence-corrected chi connectivity index (χ3v) is 5.20. The van der Waals surface area contributed by atoms with Crippen molar-refractivity contribution in [3.8, 4) is 0 Å². The van der Waals surface area contributed by atoms with Crippen molar-refractivity contribution in [1.82, 2.24) is 4.31 Å². The molecule has 0 spiro atoms. The maximum absolute atomic E-state index is 12.1. The number of esters is 1. The third kappa shape index (κ3) is 3.75. The van der Waals surface area contributed by atoms with E-state index in [4.69, 9.17) is 5.11 Å². The monoisotopic (exact) mass is 307 g/mol. The van der Waals surface area contributed by atoms with E-state index in [-0.39, 0.29) is 22.7 Å². The minimum absolute atomic E-state index is 0.0502. The van der Waals surface area contributed by atoms with E-state index in [1.54, 1.807) is 0 Å². The molecule has 19 heavy (non-hydrogen) atoms. The zero-order valence-electron chi connectivity index (χ0n) is 10.3. The summed E-state index contributed by atoms with van der Waals surface area (Å²) in [6, 6.07) is 1.21. The first-order valence-corrected chi connectivity index (χ1v) is 7.46. The Hall–Kier alpha value is -1.45. The molecule has 0 amide bonds. The third-order valence-electron chi connectivity index (χ3n) is 2.31. The largest absolute Gasteiger partial charge is 0.481 e. The van der Waals surface area contributed by atoms with Gasteiger partial charge in [0.15, 0.2) is 0 Å². The van der Waals surface area contributed by atoms with Crippen LogP contribution in [0.1, 0.15) is 16.1 Å². The van der Waals surface area contributed by atoms with Crippen LogP contribution in [-0.4, -0.2) is 50.5 Å². The Labute approximate surface area is 114 Å². The first-order chi connectivity index (χ1) is 8.78. The molecule has 0 atom stereocenters. The van der Waals surface area contributed by atoms with Crippen molar-refractivity contribution in [3.63, 3.8) is 0 Å². The molecule has 0 fully saturated rings. The van der Waals surface area contributed by atoms with Gasteiger partial charge in [0, 0.05) is 19.0 Å². The maximum atomic E-state index is 12.1. The average Bonchev–Trinajstić information content (AvgIpc) is 2.84. The van der Waals surface area contributed by atoms with Crippen molar-refractivity contribution in [2.45, 2.75) is 11.3 Å². The van der Waals surface area contributed by atoms with E-state index in [0.717, 1.165) is 15.6 Å². The van der Waals surface area contributed by atoms with Gasteiger partial charge in [-0.1, -0.05) is 0 Å². The van der Waals surface area contributed by atoms with E-state index < -0.39 is 22.0 Å². The smallest absolute Gasteiger partial charge is 0.348 e. The van der Waals surface area contributed by atoms with Crippen LogP contribution in [0.2, 0.25) is 0 Å². The van der Waals surface area contributed by atoms with E-state index in [1.165, 1.54) is 25.6 Å². The van der Waals surface area contributed by atoms with Gasteiger partial charge in [-0.15, -0.1) is 11.3 Å². The van der Waals surface area contributed by atoms with E-state index in [2.05, 4.69) is 4.74 Å². The molecule has 0 saturated heterocycles. The van der Waals surface area contributed by atoms with Gasteiger partial charge in [-0.2, -0.15) is 0 Å². The Morgan fingerprint density at radius 2 is 2.11 bits per heavy atom. The molecule has 0 bridgehead atoms. The highest BCUT2D eigenvalue weighted by atomic mass is 32.2. The molecule has 0 aromatic carbocycles. The summed E-state index contributed by atoms with van der Waals surface area (Å²) < 4.78 is 29.5. The molecule has 1 heterocycles. The van der Waals surface area contributed by atoms with Gasteiger partial charge in [0.1, 0.15) is 4.88 Å². The van der Waals surface area contributed by atoms with Crippen molar-refractivity contribution in [2.24, 2.45) is 0 Å². The van der Waals surface area contributed by atoms with E-state index >= 15 is 0 Å². The number of ether oxygens (including phenoxy) is 1. The molecule has 9 heteroatoms. The number of nitrogens with zero attached hydrogens (tertiary/aromatic N) is 1. The molecule has 106 valence electrons. The molecule has 0 saturated carbocycles. The summed E-state index contributed by atoms with van der Waals surface area (Å²) >= 11 is 0.954. The molecular weight excluding hydrogens is 294 g/mol. The lowest BCUT2D eigenvalue weighted by Gasteiger charge is -2.14. The molecule has 0 radical (unpaired) electrons. The fourth-order valence-corrected chi connectivity index (χ4v) is 3.56. The number of sulfonamides is 1. The van der Waals surface area contributed by atoms with Crippen LogP contribution in [-0.2, 0) is 19.6 Å². The van der Waals surface area contributed by atoms with Crippen LogP contribution < -0.4 is 0 Å². The quantitative estimate of drug-likeness (QED) is 0.774. The number of carbonyl (C=O) groups excluding carboxylic acids is 1. The molecule has 1 aromatic rings. The van der Waals surface area contributed by atoms with Gasteiger partial charge in [-0.05, 0) is 6.07 Å². The van der Waals surface area contributed by atoms with Crippen LogP contribution in [0.15, 0.2) is 16.3 Å². The normalized spacial score (nSPS) is 11.5. The fraction of sp³-hybridized carbons (Fsp3) is 0.400. The number of methoxy groups -OCH3 is 1. The predicted octanol–water partition coefficient (Wildman–Crippen LogP) is 0.630. The van der Waals surface area contributed by atoms with Gasteiger partial charge in [-0.3, -0.25) is 4.79 Å². The summed E-state index contributed by atoms with van der Waals surface area (Å²) in [5.41, 5.74) is 0. The topological polar surface area (TPSA) is 101 Å². The second kappa shape index (κ2) is 6.13. The molecule has 0 aliphatic heterocycles. The zero-order valence-corrected chi connectivity index (χ0v) is 12.0. The molecule has 0 aliphatic carbocycles. The van der Waals surface area contributed by atoms with Gasteiger partial charge in [0.25, 0.3) is 0 Å². The maximum Gasteiger partial charge on any atom is 0.348 e. The molecule has 1 aromatic heterocycles. The molecule has 1 rings (SSSR count). The molecule has 7 nitrogen and oxygen atoms in total. The van der Waals surface area contributed by atoms with E-state index in [0.29, 0.717) is 0 Å². The van der Waals surface area contributed by atoms with Crippen LogP contribution in [0.4, 0.5) is 0 Å². The lowest BCUT2D eigenvalue weighted by molar-refractivity contribution is -0.137. The van der Waals surface area contributed by atoms with Crippen molar-refractivity contribution < 1.29 is 27.9 Å². The van der Waals surface area contributed by atoms with Crippen LogP contribution in [0.5, 0.6) is 0 Å². The first kappa shape index (κ1) is 15.6. The van der Waals surface area contributed by atoms with Gasteiger partial charge in [0.05, 0.1) is 18.4 Å². The van der Waals surface area contributed by atoms with Gasteiger partial charge < -0.3 is 9.84 Å². The van der Waals surface area contributed by atoms with Crippen molar-refractivity contribution >= 4 is 33.3 Å². The number of hydrogen-bond acceptors (Lipinski definition) is 6. The number of rotatable bonds is 6. The Morgan fingerprint density at radius 1 is 1.47 bits per heavy atom. The Morgan fingerprint density at radius 3 is 2.63 bits per heavy atom. The SMILES string of the molecule is COC(=O)c1cc(S(=O)(=O)N(C)CCC(=O)O)cs1. The average molecular weight is 307 g/mol. The summed E-state index contributed by atoms with van der Waals surface area (Å²) in [6.45, 7) is -0.138. The van der Waals surface area contributed by atoms with Crippen LogP contribution in [0.3, 0.4) is 0 Å². The summed E-state index contributed by atoms with van der Waals surface area (Å²) in [4.78, 5) is 21.8. The van der Waals surface area contributed by atoms with Crippen LogP contribution in [0, 0.1) is 0 Å². The summed E-state index contributed by atoms with van der Waals surface area (Å²) in [5.74, 6) is -1.69. The molecule has 0 unspecified atom stereocenters. The number of aliphatic carboxylic acids is 1. The lowest BCUT2D eigenvalue weighted by Crippen LogP contribution is -2.28. The number of hydrogen-bond donors (Lipinski definition) is 1. The zero-order chi connectivity index (χ0) is 14.6. The second-order valence-corrected chi connectivity index (χ2v) is 6.56. The van der Waals surface area contributed by atoms with Crippen LogP contribution in [0.25, 0.3) is 0 Å². The fourth-order valence-electron chi connectivity index (χ4n) is 1.21. The molecule has 1 N–H and O–H groups in total. The lowest BCUT2D eigenvalue weighted by atomic mass is 10.4. The number of thiophene rings is 1. The number of carboxylic acids is 1. The van der Waals surface area contributed by atoms with Crippen molar-refractivity contribution in [2.75, 3.05) is 20.7 Å². The Balaban J connectivity index is 2.91. The minimum Gasteiger partial charge on any atom is -0.481 e. The second-order valence-electron chi connectivity index (χ2n) is 3.61. The summed E-state index contributed by atoms with van der Waals surface area (Å²) in [6.07, 6.45) is -0.288. The van der Waals surface area contributed by atoms with E-state index in [1.807, 2.05) is 0 Å². The Kier molecular flexibility index (Phi) is 5.04. The minimum atomic E-state index is -3.78. The Bertz CT molecular complexity index is 577. The standard InChI is InChI=1S/C10H13NO6S2/c1-11(4-3-9(12)13)19(15,16)7-5-8(18-6-7)10(14)17-2/h5-6H,3-4H2,1-2H3,(H,12,13). The number of carbonyl (C=O) groups is 2. The first-order valence-electron chi connectivity index (χ1n) is 5.14. The highest BCUT2D eigenvalue weighted by Crippen LogP contribution is 2.22. The van der Waals surface area contributed by atoms with Crippen LogP contribution >= 0.6 is 11.3 Å². The van der Waals surface area contributed by atoms with Gasteiger partial charge >= 0.3 is 11.9 Å². The summed E-state index contributed by atoms with van der Waals surface area (Å²) in [5, 5.41) is 9.85. The highest BCUT2D eigenvalue weighted by Gasteiger charge is 2.24. The van der Waals surface area contributed by atoms with Gasteiger partial charge in [0.2, 0.25) is 10.0 Å². The highest BCUT2D eigenvalue weighted by molar-refractivity contribution is 7.89. The van der Waals surface area contributed by atoms with Crippen molar-refractivity contribution in [3.05, 3.63) is 16.3 Å². The summed E-state index contributed by atoms with van der Waals surface area (Å²) in [7, 11) is -1.29. The predicted molar refractivity (Wildman–Crippen MR) is 67.7 cm³/mol. The number of carboxylic acid groups (broad SMARTS) is 1. The van der Waals surface area contributed by atoms with Gasteiger partial charge in [-0.25, -0.2) is 17.5 Å². The van der Waals surface area contributed by atoms with E-state index in [9.17, 15) is 18.0 Å². The molecular formula is C10H13NO6S2.